The maximum absolute atomic E-state index is 10.8. The van der Waals surface area contributed by atoms with Crippen LogP contribution in [-0.2, 0) is 19.0 Å². The standard InChI is InChI=1S/C14H19NO4/c1-17-14(19-9-13-8-18-13)4-2-12-7-15(10-16)5-3-11(12)6-14/h2,4,10,13H,3,5-9H2,1H3. The molecule has 0 spiro atoms. The van der Waals surface area contributed by atoms with Crippen LogP contribution in [0.4, 0.5) is 0 Å². The molecule has 0 bridgehead atoms. The van der Waals surface area contributed by atoms with Crippen LogP contribution in [0.2, 0.25) is 0 Å². The molecule has 3 rings (SSSR count). The first kappa shape index (κ1) is 12.8. The van der Waals surface area contributed by atoms with Crippen molar-refractivity contribution in [1.29, 1.82) is 0 Å². The summed E-state index contributed by atoms with van der Waals surface area (Å²) in [7, 11) is 1.67. The number of rotatable bonds is 5. The zero-order valence-corrected chi connectivity index (χ0v) is 11.1. The van der Waals surface area contributed by atoms with Gasteiger partial charge < -0.3 is 19.1 Å². The lowest BCUT2D eigenvalue weighted by Gasteiger charge is -2.37. The van der Waals surface area contributed by atoms with Gasteiger partial charge in [-0.05, 0) is 18.1 Å². The molecule has 2 aliphatic heterocycles. The molecule has 0 aromatic heterocycles. The highest BCUT2D eigenvalue weighted by Gasteiger charge is 2.36. The summed E-state index contributed by atoms with van der Waals surface area (Å²) in [5.74, 6) is -0.659. The third-order valence-corrected chi connectivity index (χ3v) is 3.94. The van der Waals surface area contributed by atoms with Crippen LogP contribution < -0.4 is 0 Å². The van der Waals surface area contributed by atoms with Gasteiger partial charge in [0.2, 0.25) is 6.41 Å². The number of carbonyl (C=O) groups excluding carboxylic acids is 1. The maximum atomic E-state index is 10.8. The smallest absolute Gasteiger partial charge is 0.210 e. The first-order chi connectivity index (χ1) is 9.24. The van der Waals surface area contributed by atoms with Crippen LogP contribution in [0, 0.1) is 0 Å². The summed E-state index contributed by atoms with van der Waals surface area (Å²) in [6.45, 7) is 2.83. The van der Waals surface area contributed by atoms with Crippen LogP contribution in [0.15, 0.2) is 23.3 Å². The first-order valence-corrected chi connectivity index (χ1v) is 6.65. The molecule has 0 aromatic rings. The third-order valence-electron chi connectivity index (χ3n) is 3.94. The Balaban J connectivity index is 1.69. The summed E-state index contributed by atoms with van der Waals surface area (Å²) in [4.78, 5) is 12.6. The Labute approximate surface area is 112 Å². The molecule has 1 aliphatic carbocycles. The topological polar surface area (TPSA) is 51.3 Å². The van der Waals surface area contributed by atoms with Gasteiger partial charge in [0.05, 0.1) is 13.2 Å². The summed E-state index contributed by atoms with van der Waals surface area (Å²) in [5, 5.41) is 0. The second-order valence-corrected chi connectivity index (χ2v) is 5.25. The van der Waals surface area contributed by atoms with E-state index in [1.807, 2.05) is 12.2 Å². The minimum atomic E-state index is -0.659. The molecule has 1 saturated heterocycles. The molecule has 3 aliphatic rings. The van der Waals surface area contributed by atoms with E-state index in [0.717, 1.165) is 32.4 Å². The van der Waals surface area contributed by atoms with Gasteiger partial charge in [-0.2, -0.15) is 0 Å². The predicted octanol–water partition coefficient (Wildman–Crippen LogP) is 0.863. The Hall–Kier alpha value is -1.17. The van der Waals surface area contributed by atoms with E-state index in [1.165, 1.54) is 11.1 Å². The van der Waals surface area contributed by atoms with Crippen LogP contribution in [0.3, 0.4) is 0 Å². The van der Waals surface area contributed by atoms with Crippen molar-refractivity contribution in [2.45, 2.75) is 24.7 Å². The van der Waals surface area contributed by atoms with Crippen molar-refractivity contribution in [3.05, 3.63) is 23.3 Å². The SMILES string of the molecule is COC1(OCC2CO2)C=CC2=C(CCN(C=O)C2)C1. The quantitative estimate of drug-likeness (QED) is 0.420. The van der Waals surface area contributed by atoms with E-state index < -0.39 is 5.79 Å². The fourth-order valence-electron chi connectivity index (χ4n) is 2.59. The molecule has 2 unspecified atom stereocenters. The summed E-state index contributed by atoms with van der Waals surface area (Å²) in [5.41, 5.74) is 2.55. The van der Waals surface area contributed by atoms with E-state index in [1.54, 1.807) is 12.0 Å². The van der Waals surface area contributed by atoms with E-state index in [4.69, 9.17) is 14.2 Å². The minimum Gasteiger partial charge on any atom is -0.371 e. The molecule has 19 heavy (non-hydrogen) atoms. The second-order valence-electron chi connectivity index (χ2n) is 5.25. The number of hydrogen-bond donors (Lipinski definition) is 0. The summed E-state index contributed by atoms with van der Waals surface area (Å²) in [6, 6.07) is 0. The van der Waals surface area contributed by atoms with Gasteiger partial charge >= 0.3 is 0 Å². The average Bonchev–Trinajstić information content (AvgIpc) is 3.28. The Bertz CT molecular complexity index is 427. The van der Waals surface area contributed by atoms with E-state index in [-0.39, 0.29) is 6.10 Å². The van der Waals surface area contributed by atoms with Gasteiger partial charge in [0.1, 0.15) is 6.10 Å². The summed E-state index contributed by atoms with van der Waals surface area (Å²) >= 11 is 0. The van der Waals surface area contributed by atoms with Crippen LogP contribution in [-0.4, -0.2) is 56.6 Å². The number of nitrogens with zero attached hydrogens (tertiary/aromatic N) is 1. The Morgan fingerprint density at radius 3 is 3.16 bits per heavy atom. The fraction of sp³-hybridized carbons (Fsp3) is 0.643. The maximum Gasteiger partial charge on any atom is 0.210 e. The predicted molar refractivity (Wildman–Crippen MR) is 68.5 cm³/mol. The molecule has 0 radical (unpaired) electrons. The minimum absolute atomic E-state index is 0.229. The van der Waals surface area contributed by atoms with Crippen molar-refractivity contribution >= 4 is 6.41 Å². The number of ether oxygens (including phenoxy) is 3. The first-order valence-electron chi connectivity index (χ1n) is 6.65. The largest absolute Gasteiger partial charge is 0.371 e. The van der Waals surface area contributed by atoms with Gasteiger partial charge in [-0.15, -0.1) is 0 Å². The lowest BCUT2D eigenvalue weighted by atomic mass is 9.88. The fourth-order valence-corrected chi connectivity index (χ4v) is 2.59. The van der Waals surface area contributed by atoms with Gasteiger partial charge in [0, 0.05) is 26.6 Å². The third kappa shape index (κ3) is 2.73. The van der Waals surface area contributed by atoms with Crippen LogP contribution in [0.5, 0.6) is 0 Å². The lowest BCUT2D eigenvalue weighted by Crippen LogP contribution is -2.39. The van der Waals surface area contributed by atoms with Gasteiger partial charge in [-0.25, -0.2) is 0 Å². The zero-order valence-electron chi connectivity index (χ0n) is 11.1. The van der Waals surface area contributed by atoms with E-state index in [2.05, 4.69) is 0 Å². The normalized spacial score (nSPS) is 33.3. The van der Waals surface area contributed by atoms with Crippen molar-refractivity contribution in [1.82, 2.24) is 4.90 Å². The van der Waals surface area contributed by atoms with Crippen LogP contribution >= 0.6 is 0 Å². The monoisotopic (exact) mass is 265 g/mol. The molecular formula is C14H19NO4. The summed E-state index contributed by atoms with van der Waals surface area (Å²) < 4.78 is 16.6. The molecule has 0 N–H and O–H groups in total. The van der Waals surface area contributed by atoms with Crippen molar-refractivity contribution in [2.24, 2.45) is 0 Å². The van der Waals surface area contributed by atoms with E-state index >= 15 is 0 Å². The number of carbonyl (C=O) groups is 1. The Morgan fingerprint density at radius 2 is 2.47 bits per heavy atom. The number of amides is 1. The second kappa shape index (κ2) is 5.07. The molecule has 0 aromatic carbocycles. The van der Waals surface area contributed by atoms with Gasteiger partial charge in [-0.1, -0.05) is 11.6 Å². The average molecular weight is 265 g/mol. The molecule has 5 heteroatoms. The number of epoxide rings is 1. The Morgan fingerprint density at radius 1 is 1.63 bits per heavy atom. The van der Waals surface area contributed by atoms with Crippen molar-refractivity contribution in [3.8, 4) is 0 Å². The van der Waals surface area contributed by atoms with Gasteiger partial charge in [0.25, 0.3) is 0 Å². The number of methoxy groups -OCH3 is 1. The molecule has 5 nitrogen and oxygen atoms in total. The van der Waals surface area contributed by atoms with E-state index in [9.17, 15) is 4.79 Å². The van der Waals surface area contributed by atoms with Gasteiger partial charge in [-0.3, -0.25) is 4.79 Å². The van der Waals surface area contributed by atoms with Crippen LogP contribution in [0.1, 0.15) is 12.8 Å². The van der Waals surface area contributed by atoms with Crippen molar-refractivity contribution < 1.29 is 19.0 Å². The van der Waals surface area contributed by atoms with Crippen molar-refractivity contribution in [2.75, 3.05) is 33.4 Å². The highest BCUT2D eigenvalue weighted by molar-refractivity contribution is 5.51. The Kier molecular flexibility index (Phi) is 3.43. The molecule has 0 saturated carbocycles. The molecule has 2 heterocycles. The molecule has 2 atom stereocenters. The molecular weight excluding hydrogens is 246 g/mol. The molecule has 1 amide bonds. The van der Waals surface area contributed by atoms with Gasteiger partial charge in [0.15, 0.2) is 5.79 Å². The highest BCUT2D eigenvalue weighted by Crippen LogP contribution is 2.35. The molecule has 1 fully saturated rings. The van der Waals surface area contributed by atoms with Crippen molar-refractivity contribution in [3.63, 3.8) is 0 Å². The van der Waals surface area contributed by atoms with Crippen LogP contribution in [0.25, 0.3) is 0 Å². The summed E-state index contributed by atoms with van der Waals surface area (Å²) in [6.07, 6.45) is 6.78. The van der Waals surface area contributed by atoms with E-state index in [0.29, 0.717) is 13.2 Å². The molecule has 104 valence electrons. The number of hydrogen-bond acceptors (Lipinski definition) is 4. The lowest BCUT2D eigenvalue weighted by molar-refractivity contribution is -0.190. The zero-order chi connectivity index (χ0) is 13.3. The highest BCUT2D eigenvalue weighted by atomic mass is 16.7.